The van der Waals surface area contributed by atoms with Crippen LogP contribution in [-0.4, -0.2) is 57.6 Å². The maximum atomic E-state index is 13.2. The largest absolute Gasteiger partial charge is 0.496 e. The topological polar surface area (TPSA) is 118 Å². The van der Waals surface area contributed by atoms with Crippen LogP contribution >= 0.6 is 11.3 Å². The highest BCUT2D eigenvalue weighted by molar-refractivity contribution is 7.09. The molecule has 39 heavy (non-hydrogen) atoms. The van der Waals surface area contributed by atoms with E-state index in [1.165, 1.54) is 18.4 Å². The molecule has 2 aromatic heterocycles. The normalized spacial score (nSPS) is 13.6. The Morgan fingerprint density at radius 1 is 0.949 bits per heavy atom. The van der Waals surface area contributed by atoms with Gasteiger partial charge in [0.25, 0.3) is 17.7 Å². The van der Waals surface area contributed by atoms with E-state index in [1.54, 1.807) is 40.5 Å². The number of para-hydroxylation sites is 2. The molecule has 2 N–H and O–H groups in total. The van der Waals surface area contributed by atoms with E-state index < -0.39 is 11.8 Å². The second kappa shape index (κ2) is 11.5. The Morgan fingerprint density at radius 3 is 2.38 bits per heavy atom. The molecule has 0 spiro atoms. The summed E-state index contributed by atoms with van der Waals surface area (Å²) in [5.41, 5.74) is 7.68. The highest BCUT2D eigenvalue weighted by atomic mass is 32.1. The maximum Gasteiger partial charge on any atom is 0.289 e. The molecule has 5 rings (SSSR count). The number of benzene rings is 2. The zero-order chi connectivity index (χ0) is 27.4. The first-order valence-electron chi connectivity index (χ1n) is 12.5. The molecule has 11 heteroatoms. The number of nitrogens with zero attached hydrogens (tertiary/aromatic N) is 4. The van der Waals surface area contributed by atoms with Crippen molar-refractivity contribution in [3.05, 3.63) is 93.7 Å². The van der Waals surface area contributed by atoms with Crippen molar-refractivity contribution in [2.75, 3.05) is 20.2 Å². The monoisotopic (exact) mass is 544 g/mol. The summed E-state index contributed by atoms with van der Waals surface area (Å²) in [6.07, 6.45) is 3.13. The molecule has 1 aliphatic rings. The first-order valence-corrected chi connectivity index (χ1v) is 13.4. The van der Waals surface area contributed by atoms with Crippen LogP contribution in [0.1, 0.15) is 60.7 Å². The van der Waals surface area contributed by atoms with Crippen LogP contribution in [0, 0.1) is 6.92 Å². The number of hydrazine groups is 1. The van der Waals surface area contributed by atoms with Gasteiger partial charge in [-0.15, -0.1) is 11.3 Å². The number of hydrogen-bond donors (Lipinski definition) is 2. The average molecular weight is 545 g/mol. The number of likely N-dealkylation sites (tertiary alicyclic amines) is 1. The third kappa shape index (κ3) is 5.53. The van der Waals surface area contributed by atoms with Crippen LogP contribution < -0.4 is 15.6 Å². The number of carbonyl (C=O) groups is 3. The molecule has 1 saturated heterocycles. The van der Waals surface area contributed by atoms with Gasteiger partial charge in [-0.1, -0.05) is 30.3 Å². The summed E-state index contributed by atoms with van der Waals surface area (Å²) < 4.78 is 6.97. The van der Waals surface area contributed by atoms with Crippen molar-refractivity contribution in [3.8, 4) is 11.4 Å². The molecule has 0 unspecified atom stereocenters. The molecule has 4 aromatic rings. The first kappa shape index (κ1) is 26.1. The summed E-state index contributed by atoms with van der Waals surface area (Å²) in [7, 11) is 1.47. The summed E-state index contributed by atoms with van der Waals surface area (Å²) in [6, 6.07) is 16.5. The Bertz CT molecular complexity index is 1490. The van der Waals surface area contributed by atoms with Crippen LogP contribution in [0.25, 0.3) is 5.69 Å². The van der Waals surface area contributed by atoms with E-state index in [0.717, 1.165) is 29.2 Å². The van der Waals surface area contributed by atoms with E-state index >= 15 is 0 Å². The van der Waals surface area contributed by atoms with E-state index in [2.05, 4.69) is 20.9 Å². The SMILES string of the molecule is COc1ccccc1C(=O)NNC(=O)c1csc(C2CCN(C(=O)c3cnn(-c4ccccc4)c3C)CC2)n1. The van der Waals surface area contributed by atoms with Gasteiger partial charge >= 0.3 is 0 Å². The fraction of sp³-hybridized carbons (Fsp3) is 0.250. The van der Waals surface area contributed by atoms with Gasteiger partial charge in [0.2, 0.25) is 0 Å². The summed E-state index contributed by atoms with van der Waals surface area (Å²) in [5, 5.41) is 6.95. The zero-order valence-corrected chi connectivity index (χ0v) is 22.4. The molecule has 1 fully saturated rings. The summed E-state index contributed by atoms with van der Waals surface area (Å²) in [5.74, 6) is -0.461. The van der Waals surface area contributed by atoms with Crippen molar-refractivity contribution >= 4 is 29.1 Å². The van der Waals surface area contributed by atoms with Gasteiger partial charge in [0.1, 0.15) is 11.4 Å². The number of methoxy groups -OCH3 is 1. The summed E-state index contributed by atoms with van der Waals surface area (Å²) >= 11 is 1.41. The van der Waals surface area contributed by atoms with E-state index in [4.69, 9.17) is 4.74 Å². The highest BCUT2D eigenvalue weighted by Gasteiger charge is 2.28. The van der Waals surface area contributed by atoms with Gasteiger partial charge in [-0.2, -0.15) is 5.10 Å². The number of nitrogens with one attached hydrogen (secondary N) is 2. The predicted molar refractivity (Wildman–Crippen MR) is 146 cm³/mol. The number of rotatable bonds is 6. The summed E-state index contributed by atoms with van der Waals surface area (Å²) in [4.78, 5) is 44.6. The van der Waals surface area contributed by atoms with Crippen molar-refractivity contribution in [1.29, 1.82) is 0 Å². The van der Waals surface area contributed by atoms with Gasteiger partial charge in [-0.25, -0.2) is 9.67 Å². The number of thiazole rings is 1. The third-order valence-electron chi connectivity index (χ3n) is 6.77. The molecule has 3 heterocycles. The smallest absolute Gasteiger partial charge is 0.289 e. The minimum absolute atomic E-state index is 0.0295. The molecule has 0 bridgehead atoms. The van der Waals surface area contributed by atoms with Crippen molar-refractivity contribution in [1.82, 2.24) is 30.5 Å². The van der Waals surface area contributed by atoms with Crippen molar-refractivity contribution < 1.29 is 19.1 Å². The molecule has 3 amide bonds. The lowest BCUT2D eigenvalue weighted by Gasteiger charge is -2.31. The van der Waals surface area contributed by atoms with Gasteiger partial charge in [-0.3, -0.25) is 25.2 Å². The fourth-order valence-electron chi connectivity index (χ4n) is 4.61. The van der Waals surface area contributed by atoms with Gasteiger partial charge < -0.3 is 9.64 Å². The first-order chi connectivity index (χ1) is 19.0. The average Bonchev–Trinajstić information content (AvgIpc) is 3.63. The van der Waals surface area contributed by atoms with E-state index in [0.29, 0.717) is 30.0 Å². The Balaban J connectivity index is 1.15. The maximum absolute atomic E-state index is 13.2. The van der Waals surface area contributed by atoms with E-state index in [1.807, 2.05) is 42.2 Å². The second-order valence-electron chi connectivity index (χ2n) is 9.14. The Labute approximate surface area is 229 Å². The predicted octanol–water partition coefficient (Wildman–Crippen LogP) is 3.74. The van der Waals surface area contributed by atoms with E-state index in [9.17, 15) is 14.4 Å². The lowest BCUT2D eigenvalue weighted by atomic mass is 9.97. The van der Waals surface area contributed by atoms with Gasteiger partial charge in [0.05, 0.1) is 40.8 Å². The Kier molecular flexibility index (Phi) is 7.69. The van der Waals surface area contributed by atoms with Crippen LogP contribution in [0.15, 0.2) is 66.2 Å². The molecule has 2 aromatic carbocycles. The number of piperidine rings is 1. The highest BCUT2D eigenvalue weighted by Crippen LogP contribution is 2.31. The van der Waals surface area contributed by atoms with Crippen LogP contribution in [0.3, 0.4) is 0 Å². The van der Waals surface area contributed by atoms with Crippen LogP contribution in [-0.2, 0) is 0 Å². The zero-order valence-electron chi connectivity index (χ0n) is 21.6. The molecular formula is C28H28N6O4S. The van der Waals surface area contributed by atoms with Gasteiger partial charge in [-0.05, 0) is 44.0 Å². The third-order valence-corrected chi connectivity index (χ3v) is 7.78. The number of aromatic nitrogens is 3. The van der Waals surface area contributed by atoms with Crippen molar-refractivity contribution in [2.45, 2.75) is 25.7 Å². The lowest BCUT2D eigenvalue weighted by molar-refractivity contribution is 0.0712. The Hall–Kier alpha value is -4.51. The molecule has 0 radical (unpaired) electrons. The minimum atomic E-state index is -0.501. The standard InChI is InChI=1S/C28H28N6O4S/c1-18-22(16-29-34(18)20-8-4-3-5-9-20)28(37)33-14-12-19(13-15-33)27-30-23(17-39-27)26(36)32-31-25(35)21-10-6-7-11-24(21)38-2/h3-11,16-17,19H,12-15H2,1-2H3,(H,31,35)(H,32,36). The van der Waals surface area contributed by atoms with Crippen molar-refractivity contribution in [2.24, 2.45) is 0 Å². The van der Waals surface area contributed by atoms with Crippen LogP contribution in [0.2, 0.25) is 0 Å². The van der Waals surface area contributed by atoms with E-state index in [-0.39, 0.29) is 17.5 Å². The van der Waals surface area contributed by atoms with Gasteiger partial charge in [0.15, 0.2) is 0 Å². The Morgan fingerprint density at radius 2 is 1.64 bits per heavy atom. The quantitative estimate of drug-likeness (QED) is 0.357. The number of amides is 3. The second-order valence-corrected chi connectivity index (χ2v) is 10.0. The molecule has 0 atom stereocenters. The number of hydrogen-bond acceptors (Lipinski definition) is 7. The lowest BCUT2D eigenvalue weighted by Crippen LogP contribution is -2.42. The van der Waals surface area contributed by atoms with Crippen LogP contribution in [0.4, 0.5) is 0 Å². The summed E-state index contributed by atoms with van der Waals surface area (Å²) in [6.45, 7) is 3.09. The van der Waals surface area contributed by atoms with Crippen molar-refractivity contribution in [3.63, 3.8) is 0 Å². The number of carbonyl (C=O) groups excluding carboxylic acids is 3. The molecule has 0 saturated carbocycles. The molecular weight excluding hydrogens is 516 g/mol. The van der Waals surface area contributed by atoms with Gasteiger partial charge in [0, 0.05) is 24.4 Å². The fourth-order valence-corrected chi connectivity index (χ4v) is 5.58. The molecule has 0 aliphatic carbocycles. The minimum Gasteiger partial charge on any atom is -0.496 e. The molecule has 1 aliphatic heterocycles. The number of ether oxygens (including phenoxy) is 1. The molecule has 10 nitrogen and oxygen atoms in total. The molecule has 200 valence electrons. The van der Waals surface area contributed by atoms with Crippen LogP contribution in [0.5, 0.6) is 5.75 Å².